The summed E-state index contributed by atoms with van der Waals surface area (Å²) < 4.78 is 3.09. The van der Waals surface area contributed by atoms with Crippen LogP contribution in [0.2, 0.25) is 0 Å². The molecule has 5 heteroatoms. The van der Waals surface area contributed by atoms with Gasteiger partial charge >= 0.3 is 0 Å². The third kappa shape index (κ3) is 3.46. The number of nitrogens with zero attached hydrogens (tertiary/aromatic N) is 3. The van der Waals surface area contributed by atoms with Crippen molar-refractivity contribution in [2.75, 3.05) is 7.05 Å². The number of nitrogens with one attached hydrogen (secondary N) is 1. The molecule has 0 aliphatic carbocycles. The molecule has 1 N–H and O–H groups in total. The number of hydrogen-bond donors (Lipinski definition) is 1. The Bertz CT molecular complexity index is 548. The Morgan fingerprint density at radius 3 is 2.65 bits per heavy atom. The van der Waals surface area contributed by atoms with Crippen LogP contribution in [0.25, 0.3) is 0 Å². The molecule has 0 aromatic carbocycles. The number of likely N-dealkylation sites (N-methyl/N-ethyl adjacent to an activating group) is 1. The van der Waals surface area contributed by atoms with E-state index in [9.17, 15) is 0 Å². The van der Waals surface area contributed by atoms with Crippen LogP contribution in [0.4, 0.5) is 0 Å². The minimum Gasteiger partial charge on any atom is -0.311 e. The van der Waals surface area contributed by atoms with Crippen LogP contribution in [0.3, 0.4) is 0 Å². The van der Waals surface area contributed by atoms with Crippen molar-refractivity contribution in [1.82, 2.24) is 20.1 Å². The second-order valence-electron chi connectivity index (χ2n) is 4.74. The molecule has 0 amide bonds. The smallest absolute Gasteiger partial charge is 0.0625 e. The molecular weight excluding hydrogens is 316 g/mol. The van der Waals surface area contributed by atoms with E-state index in [-0.39, 0.29) is 6.04 Å². The summed E-state index contributed by atoms with van der Waals surface area (Å²) in [5, 5.41) is 8.00. The molecule has 1 atom stereocenters. The number of hydrogen-bond acceptors (Lipinski definition) is 3. The lowest BCUT2D eigenvalue weighted by Crippen LogP contribution is -2.22. The van der Waals surface area contributed by atoms with Crippen molar-refractivity contribution in [1.29, 1.82) is 0 Å². The number of aryl methyl sites for hydroxylation is 2. The highest BCUT2D eigenvalue weighted by Gasteiger charge is 2.17. The lowest BCUT2D eigenvalue weighted by molar-refractivity contribution is 0.508. The van der Waals surface area contributed by atoms with Gasteiger partial charge in [-0.3, -0.25) is 9.67 Å². The van der Waals surface area contributed by atoms with Crippen molar-refractivity contribution >= 4 is 15.9 Å². The summed E-state index contributed by atoms with van der Waals surface area (Å²) in [5.74, 6) is 0. The Balaban J connectivity index is 2.23. The van der Waals surface area contributed by atoms with Gasteiger partial charge in [0.15, 0.2) is 0 Å². The Morgan fingerprint density at radius 1 is 1.30 bits per heavy atom. The van der Waals surface area contributed by atoms with Crippen LogP contribution in [0, 0.1) is 0 Å². The highest BCUT2D eigenvalue weighted by atomic mass is 79.9. The Hall–Kier alpha value is -1.20. The third-order valence-corrected chi connectivity index (χ3v) is 3.90. The summed E-state index contributed by atoms with van der Waals surface area (Å²) in [6.07, 6.45) is 3.67. The zero-order valence-electron chi connectivity index (χ0n) is 12.2. The Labute approximate surface area is 128 Å². The molecule has 2 aromatic heterocycles. The van der Waals surface area contributed by atoms with Gasteiger partial charge < -0.3 is 5.32 Å². The molecule has 4 nitrogen and oxygen atoms in total. The lowest BCUT2D eigenvalue weighted by Gasteiger charge is -2.17. The molecule has 0 aliphatic heterocycles. The van der Waals surface area contributed by atoms with Gasteiger partial charge in [0.1, 0.15) is 0 Å². The molecule has 0 saturated heterocycles. The fourth-order valence-electron chi connectivity index (χ4n) is 2.28. The van der Waals surface area contributed by atoms with Crippen molar-refractivity contribution in [3.05, 3.63) is 46.0 Å². The van der Waals surface area contributed by atoms with E-state index in [1.54, 1.807) is 0 Å². The molecule has 2 aromatic rings. The second kappa shape index (κ2) is 6.99. The highest BCUT2D eigenvalue weighted by Crippen LogP contribution is 2.20. The first kappa shape index (κ1) is 15.2. The maximum atomic E-state index is 4.62. The number of pyridine rings is 1. The molecule has 2 rings (SSSR count). The van der Waals surface area contributed by atoms with Crippen molar-refractivity contribution in [2.24, 2.45) is 0 Å². The van der Waals surface area contributed by atoms with Gasteiger partial charge in [0, 0.05) is 29.3 Å². The second-order valence-corrected chi connectivity index (χ2v) is 5.66. The average molecular weight is 337 g/mol. The molecule has 2 heterocycles. The van der Waals surface area contributed by atoms with E-state index in [0.717, 1.165) is 35.2 Å². The zero-order chi connectivity index (χ0) is 14.5. The van der Waals surface area contributed by atoms with Crippen LogP contribution in [-0.4, -0.2) is 21.8 Å². The molecule has 108 valence electrons. The zero-order valence-corrected chi connectivity index (χ0v) is 13.8. The summed E-state index contributed by atoms with van der Waals surface area (Å²) >= 11 is 3.42. The van der Waals surface area contributed by atoms with Gasteiger partial charge in [0.2, 0.25) is 0 Å². The Morgan fingerprint density at radius 2 is 2.10 bits per heavy atom. The largest absolute Gasteiger partial charge is 0.311 e. The van der Waals surface area contributed by atoms with Gasteiger partial charge in [-0.15, -0.1) is 0 Å². The van der Waals surface area contributed by atoms with Gasteiger partial charge in [-0.1, -0.05) is 6.92 Å². The number of aromatic nitrogens is 3. The van der Waals surface area contributed by atoms with Crippen LogP contribution in [0.5, 0.6) is 0 Å². The maximum absolute atomic E-state index is 4.62. The summed E-state index contributed by atoms with van der Waals surface area (Å²) in [4.78, 5) is 4.46. The predicted molar refractivity (Wildman–Crippen MR) is 84.7 cm³/mol. The predicted octanol–water partition coefficient (Wildman–Crippen LogP) is 3.13. The average Bonchev–Trinajstić information content (AvgIpc) is 2.90. The summed E-state index contributed by atoms with van der Waals surface area (Å²) in [6, 6.07) is 6.52. The highest BCUT2D eigenvalue weighted by molar-refractivity contribution is 9.10. The molecule has 0 radical (unpaired) electrons. The molecule has 0 fully saturated rings. The van der Waals surface area contributed by atoms with E-state index in [0.29, 0.717) is 0 Å². The van der Waals surface area contributed by atoms with E-state index in [1.807, 2.05) is 19.3 Å². The molecule has 1 unspecified atom stereocenters. The van der Waals surface area contributed by atoms with Gasteiger partial charge in [-0.25, -0.2) is 0 Å². The molecular formula is C15H21BrN4. The Kier molecular flexibility index (Phi) is 5.31. The molecule has 20 heavy (non-hydrogen) atoms. The number of halogens is 1. The normalized spacial score (nSPS) is 12.6. The van der Waals surface area contributed by atoms with Crippen LogP contribution >= 0.6 is 15.9 Å². The monoisotopic (exact) mass is 336 g/mol. The van der Waals surface area contributed by atoms with E-state index in [1.165, 1.54) is 5.69 Å². The first-order valence-corrected chi connectivity index (χ1v) is 7.81. The van der Waals surface area contributed by atoms with E-state index in [2.05, 4.69) is 62.0 Å². The van der Waals surface area contributed by atoms with Crippen LogP contribution < -0.4 is 5.32 Å². The van der Waals surface area contributed by atoms with E-state index >= 15 is 0 Å². The van der Waals surface area contributed by atoms with Gasteiger partial charge in [-0.05, 0) is 54.5 Å². The summed E-state index contributed by atoms with van der Waals surface area (Å²) in [6.45, 7) is 5.15. The van der Waals surface area contributed by atoms with Crippen LogP contribution in [-0.2, 0) is 19.4 Å². The van der Waals surface area contributed by atoms with Crippen LogP contribution in [0.1, 0.15) is 37.0 Å². The maximum Gasteiger partial charge on any atom is 0.0625 e. The standard InChI is InChI=1S/C15H21BrN4/c1-4-12-9-15(20(5-2)19-12)14(17-3)8-13-7-6-11(16)10-18-13/h6-7,9-10,14,17H,4-5,8H2,1-3H3. The molecule has 0 saturated carbocycles. The van der Waals surface area contributed by atoms with Gasteiger partial charge in [0.05, 0.1) is 17.4 Å². The van der Waals surface area contributed by atoms with E-state index in [4.69, 9.17) is 0 Å². The molecule has 0 bridgehead atoms. The fraction of sp³-hybridized carbons (Fsp3) is 0.467. The first-order chi connectivity index (χ1) is 9.67. The SMILES string of the molecule is CCc1cc(C(Cc2ccc(Br)cn2)NC)n(CC)n1. The summed E-state index contributed by atoms with van der Waals surface area (Å²) in [5.41, 5.74) is 3.46. The summed E-state index contributed by atoms with van der Waals surface area (Å²) in [7, 11) is 1.99. The third-order valence-electron chi connectivity index (χ3n) is 3.43. The van der Waals surface area contributed by atoms with Crippen LogP contribution in [0.15, 0.2) is 28.9 Å². The van der Waals surface area contributed by atoms with Crippen molar-refractivity contribution in [3.63, 3.8) is 0 Å². The van der Waals surface area contributed by atoms with Crippen molar-refractivity contribution in [2.45, 2.75) is 39.3 Å². The first-order valence-electron chi connectivity index (χ1n) is 7.02. The van der Waals surface area contributed by atoms with Gasteiger partial charge in [0.25, 0.3) is 0 Å². The molecule has 0 aliphatic rings. The lowest BCUT2D eigenvalue weighted by atomic mass is 10.1. The molecule has 0 spiro atoms. The van der Waals surface area contributed by atoms with Gasteiger partial charge in [-0.2, -0.15) is 5.10 Å². The van der Waals surface area contributed by atoms with Crippen molar-refractivity contribution < 1.29 is 0 Å². The van der Waals surface area contributed by atoms with E-state index < -0.39 is 0 Å². The quantitative estimate of drug-likeness (QED) is 0.881. The number of rotatable bonds is 6. The minimum absolute atomic E-state index is 0.233. The fourth-order valence-corrected chi connectivity index (χ4v) is 2.52. The van der Waals surface area contributed by atoms with Crippen molar-refractivity contribution in [3.8, 4) is 0 Å². The minimum atomic E-state index is 0.233. The topological polar surface area (TPSA) is 42.7 Å².